The Bertz CT molecular complexity index is 844. The maximum Gasteiger partial charge on any atom is 0.244 e. The van der Waals surface area contributed by atoms with Crippen LogP contribution in [0.4, 0.5) is 5.82 Å². The molecule has 1 amide bonds. The van der Waals surface area contributed by atoms with Gasteiger partial charge in [0.05, 0.1) is 0 Å². The standard InChI is InChI=1S/C23H34N6O3/c30-21(27-31)15-18(8-4-7-17-5-2-1-3-6-17)23-26-22(28-32-23)19-9-10-20(25-16-19)29-13-11-24-12-14-29/h9-10,16-18,24,31H,1-8,11-15H2,(H,27,30). The summed E-state index contributed by atoms with van der Waals surface area (Å²) in [5.74, 6) is 2.00. The van der Waals surface area contributed by atoms with Crippen molar-refractivity contribution in [3.63, 3.8) is 0 Å². The van der Waals surface area contributed by atoms with Gasteiger partial charge in [-0.3, -0.25) is 10.0 Å². The monoisotopic (exact) mass is 442 g/mol. The van der Waals surface area contributed by atoms with Crippen molar-refractivity contribution in [2.45, 2.75) is 63.7 Å². The molecule has 0 aromatic carbocycles. The number of pyridine rings is 1. The fourth-order valence-electron chi connectivity index (χ4n) is 4.83. The van der Waals surface area contributed by atoms with Crippen molar-refractivity contribution in [1.82, 2.24) is 25.9 Å². The molecule has 1 saturated heterocycles. The molecule has 1 atom stereocenters. The van der Waals surface area contributed by atoms with E-state index >= 15 is 0 Å². The molecule has 2 aromatic rings. The summed E-state index contributed by atoms with van der Waals surface area (Å²) in [5.41, 5.74) is 2.52. The van der Waals surface area contributed by atoms with Gasteiger partial charge in [0.1, 0.15) is 5.82 Å². The van der Waals surface area contributed by atoms with Gasteiger partial charge in [0.2, 0.25) is 17.6 Å². The molecule has 0 spiro atoms. The number of nitrogens with one attached hydrogen (secondary N) is 2. The molecule has 9 heteroatoms. The number of hydrogen-bond donors (Lipinski definition) is 3. The van der Waals surface area contributed by atoms with E-state index in [0.717, 1.165) is 62.7 Å². The second-order valence-corrected chi connectivity index (χ2v) is 8.97. The van der Waals surface area contributed by atoms with Crippen LogP contribution in [0.15, 0.2) is 22.9 Å². The van der Waals surface area contributed by atoms with E-state index in [0.29, 0.717) is 11.7 Å². The number of carbonyl (C=O) groups is 1. The molecule has 4 rings (SSSR count). The highest BCUT2D eigenvalue weighted by atomic mass is 16.5. The van der Waals surface area contributed by atoms with Crippen LogP contribution >= 0.6 is 0 Å². The highest BCUT2D eigenvalue weighted by Crippen LogP contribution is 2.31. The number of nitrogens with zero attached hydrogens (tertiary/aromatic N) is 4. The third kappa shape index (κ3) is 6.04. The average molecular weight is 443 g/mol. The lowest BCUT2D eigenvalue weighted by atomic mass is 9.84. The first-order chi connectivity index (χ1) is 15.7. The molecule has 1 aliphatic heterocycles. The minimum atomic E-state index is -0.436. The van der Waals surface area contributed by atoms with Crippen LogP contribution in [0, 0.1) is 5.92 Å². The normalized spacial score (nSPS) is 18.5. The summed E-state index contributed by atoms with van der Waals surface area (Å²) in [4.78, 5) is 23.3. The number of hydroxylamine groups is 1. The summed E-state index contributed by atoms with van der Waals surface area (Å²) in [5, 5.41) is 16.5. The zero-order chi connectivity index (χ0) is 22.2. The van der Waals surface area contributed by atoms with Gasteiger partial charge in [-0.15, -0.1) is 0 Å². The van der Waals surface area contributed by atoms with Crippen LogP contribution in [0.5, 0.6) is 0 Å². The van der Waals surface area contributed by atoms with E-state index in [2.05, 4.69) is 25.3 Å². The molecule has 2 aromatic heterocycles. The molecule has 3 N–H and O–H groups in total. The van der Waals surface area contributed by atoms with Gasteiger partial charge in [0.15, 0.2) is 0 Å². The molecule has 3 heterocycles. The molecular weight excluding hydrogens is 408 g/mol. The van der Waals surface area contributed by atoms with Gasteiger partial charge in [0.25, 0.3) is 0 Å². The average Bonchev–Trinajstić information content (AvgIpc) is 3.35. The first kappa shape index (κ1) is 22.7. The molecule has 9 nitrogen and oxygen atoms in total. The summed E-state index contributed by atoms with van der Waals surface area (Å²) < 4.78 is 5.55. The summed E-state index contributed by atoms with van der Waals surface area (Å²) in [7, 11) is 0. The fourth-order valence-corrected chi connectivity index (χ4v) is 4.83. The number of hydrogen-bond acceptors (Lipinski definition) is 8. The Labute approximate surface area is 188 Å². The van der Waals surface area contributed by atoms with Gasteiger partial charge in [-0.25, -0.2) is 10.5 Å². The first-order valence-electron chi connectivity index (χ1n) is 11.9. The lowest BCUT2D eigenvalue weighted by molar-refractivity contribution is -0.129. The van der Waals surface area contributed by atoms with Gasteiger partial charge in [-0.05, 0) is 24.5 Å². The minimum Gasteiger partial charge on any atom is -0.354 e. The lowest BCUT2D eigenvalue weighted by Crippen LogP contribution is -2.43. The number of carbonyl (C=O) groups excluding carboxylic acids is 1. The Morgan fingerprint density at radius 3 is 2.78 bits per heavy atom. The summed E-state index contributed by atoms with van der Waals surface area (Å²) in [6.07, 6.45) is 11.5. The summed E-state index contributed by atoms with van der Waals surface area (Å²) in [6.45, 7) is 3.80. The zero-order valence-corrected chi connectivity index (χ0v) is 18.6. The van der Waals surface area contributed by atoms with Gasteiger partial charge >= 0.3 is 0 Å². The van der Waals surface area contributed by atoms with Crippen molar-refractivity contribution in [1.29, 1.82) is 0 Å². The summed E-state index contributed by atoms with van der Waals surface area (Å²) in [6, 6.07) is 3.94. The van der Waals surface area contributed by atoms with Gasteiger partial charge in [-0.1, -0.05) is 50.1 Å². The van der Waals surface area contributed by atoms with Crippen molar-refractivity contribution >= 4 is 11.7 Å². The molecule has 2 aliphatic rings. The number of amides is 1. The topological polar surface area (TPSA) is 116 Å². The fraction of sp³-hybridized carbons (Fsp3) is 0.652. The Hall–Kier alpha value is -2.52. The number of anilines is 1. The highest BCUT2D eigenvalue weighted by molar-refractivity contribution is 5.75. The molecule has 32 heavy (non-hydrogen) atoms. The summed E-state index contributed by atoms with van der Waals surface area (Å²) >= 11 is 0. The Morgan fingerprint density at radius 2 is 2.06 bits per heavy atom. The van der Waals surface area contributed by atoms with E-state index in [1.807, 2.05) is 12.1 Å². The predicted octanol–water partition coefficient (Wildman–Crippen LogP) is 3.27. The van der Waals surface area contributed by atoms with Gasteiger partial charge in [0, 0.05) is 50.3 Å². The van der Waals surface area contributed by atoms with Gasteiger partial charge < -0.3 is 14.7 Å². The molecule has 0 radical (unpaired) electrons. The minimum absolute atomic E-state index is 0.128. The largest absolute Gasteiger partial charge is 0.354 e. The van der Waals surface area contributed by atoms with E-state index in [1.165, 1.54) is 32.1 Å². The first-order valence-corrected chi connectivity index (χ1v) is 11.9. The Balaban J connectivity index is 1.39. The van der Waals surface area contributed by atoms with E-state index in [4.69, 9.17) is 9.73 Å². The van der Waals surface area contributed by atoms with Crippen LogP contribution in [0.25, 0.3) is 11.4 Å². The van der Waals surface area contributed by atoms with Crippen LogP contribution in [0.2, 0.25) is 0 Å². The molecular formula is C23H34N6O3. The molecule has 2 fully saturated rings. The van der Waals surface area contributed by atoms with Crippen molar-refractivity contribution in [2.75, 3.05) is 31.1 Å². The zero-order valence-electron chi connectivity index (χ0n) is 18.6. The third-order valence-electron chi connectivity index (χ3n) is 6.68. The second kappa shape index (κ2) is 11.4. The third-order valence-corrected chi connectivity index (χ3v) is 6.68. The highest BCUT2D eigenvalue weighted by Gasteiger charge is 2.24. The smallest absolute Gasteiger partial charge is 0.244 e. The van der Waals surface area contributed by atoms with Crippen molar-refractivity contribution < 1.29 is 14.5 Å². The van der Waals surface area contributed by atoms with Crippen LogP contribution < -0.4 is 15.7 Å². The molecule has 0 bridgehead atoms. The van der Waals surface area contributed by atoms with Crippen molar-refractivity contribution in [3.05, 3.63) is 24.2 Å². The van der Waals surface area contributed by atoms with E-state index < -0.39 is 5.91 Å². The molecule has 1 saturated carbocycles. The quantitative estimate of drug-likeness (QED) is 0.400. The van der Waals surface area contributed by atoms with Crippen molar-refractivity contribution in [3.8, 4) is 11.4 Å². The molecule has 1 aliphatic carbocycles. The van der Waals surface area contributed by atoms with Gasteiger partial charge in [-0.2, -0.15) is 4.98 Å². The van der Waals surface area contributed by atoms with E-state index in [9.17, 15) is 4.79 Å². The molecule has 1 unspecified atom stereocenters. The number of rotatable bonds is 9. The van der Waals surface area contributed by atoms with Crippen molar-refractivity contribution in [2.24, 2.45) is 5.92 Å². The maximum absolute atomic E-state index is 11.9. The second-order valence-electron chi connectivity index (χ2n) is 8.97. The maximum atomic E-state index is 11.9. The predicted molar refractivity (Wildman–Crippen MR) is 120 cm³/mol. The van der Waals surface area contributed by atoms with Crippen LogP contribution in [0.3, 0.4) is 0 Å². The SMILES string of the molecule is O=C(CC(CCCC1CCCCC1)c1nc(-c2ccc(N3CCNCC3)nc2)no1)NO. The van der Waals surface area contributed by atoms with Crippen LogP contribution in [0.1, 0.15) is 69.6 Å². The van der Waals surface area contributed by atoms with E-state index in [1.54, 1.807) is 11.7 Å². The molecule has 174 valence electrons. The Kier molecular flexibility index (Phi) is 8.06. The lowest BCUT2D eigenvalue weighted by Gasteiger charge is -2.28. The Morgan fingerprint density at radius 1 is 1.25 bits per heavy atom. The number of aromatic nitrogens is 3. The van der Waals surface area contributed by atoms with Crippen LogP contribution in [-0.4, -0.2) is 52.4 Å². The number of piperazine rings is 1. The van der Waals surface area contributed by atoms with E-state index in [-0.39, 0.29) is 12.3 Å². The van der Waals surface area contributed by atoms with Crippen LogP contribution in [-0.2, 0) is 4.79 Å².